The topological polar surface area (TPSA) is 35.2 Å². The molecule has 2 N–H and O–H groups in total. The monoisotopic (exact) mass is 253 g/mol. The summed E-state index contributed by atoms with van der Waals surface area (Å²) in [5.74, 6) is -2.18. The quantitative estimate of drug-likeness (QED) is 0.852. The molecule has 94 valence electrons. The highest BCUT2D eigenvalue weighted by Crippen LogP contribution is 2.19. The van der Waals surface area contributed by atoms with E-state index in [9.17, 15) is 13.2 Å². The summed E-state index contributed by atoms with van der Waals surface area (Å²) in [5.41, 5.74) is 5.78. The minimum absolute atomic E-state index is 0.0144. The molecule has 0 saturated carbocycles. The van der Waals surface area contributed by atoms with Gasteiger partial charge in [-0.15, -0.1) is 0 Å². The predicted octanol–water partition coefficient (Wildman–Crippen LogP) is 3.27. The first-order chi connectivity index (χ1) is 8.56. The summed E-state index contributed by atoms with van der Waals surface area (Å²) in [6.07, 6.45) is 0. The number of nitrogens with two attached hydrogens (primary N) is 1. The third-order valence-corrected chi connectivity index (χ3v) is 2.36. The summed E-state index contributed by atoms with van der Waals surface area (Å²) in [6.45, 7) is 0.0144. The molecule has 0 aliphatic rings. The van der Waals surface area contributed by atoms with Crippen LogP contribution in [0.1, 0.15) is 5.56 Å². The van der Waals surface area contributed by atoms with Crippen molar-refractivity contribution in [2.24, 2.45) is 0 Å². The number of hydrogen-bond acceptors (Lipinski definition) is 2. The minimum atomic E-state index is -0.945. The Morgan fingerprint density at radius 3 is 2.33 bits per heavy atom. The standard InChI is InChI=1S/C13H10F3NO/c14-10-3-1-8(5-11(10)15)7-18-9-2-4-13(17)12(16)6-9/h1-6H,7,17H2. The molecule has 0 spiro atoms. The van der Waals surface area contributed by atoms with Gasteiger partial charge in [-0.25, -0.2) is 13.2 Å². The Labute approximate surface area is 102 Å². The number of hydrogen-bond donors (Lipinski definition) is 1. The van der Waals surface area contributed by atoms with Crippen molar-refractivity contribution in [1.82, 2.24) is 0 Å². The molecular weight excluding hydrogens is 243 g/mol. The van der Waals surface area contributed by atoms with Crippen LogP contribution in [0.4, 0.5) is 18.9 Å². The van der Waals surface area contributed by atoms with Gasteiger partial charge in [0.25, 0.3) is 0 Å². The van der Waals surface area contributed by atoms with E-state index in [1.807, 2.05) is 0 Å². The van der Waals surface area contributed by atoms with Gasteiger partial charge in [0.05, 0.1) is 5.69 Å². The predicted molar refractivity (Wildman–Crippen MR) is 61.5 cm³/mol. The van der Waals surface area contributed by atoms with Crippen LogP contribution in [0.5, 0.6) is 5.75 Å². The molecular formula is C13H10F3NO. The molecule has 2 nitrogen and oxygen atoms in total. The van der Waals surface area contributed by atoms with E-state index in [0.717, 1.165) is 18.2 Å². The van der Waals surface area contributed by atoms with E-state index in [-0.39, 0.29) is 18.0 Å². The highest BCUT2D eigenvalue weighted by atomic mass is 19.2. The molecule has 0 atom stereocenters. The fourth-order valence-electron chi connectivity index (χ4n) is 1.39. The van der Waals surface area contributed by atoms with Crippen LogP contribution >= 0.6 is 0 Å². The normalized spacial score (nSPS) is 10.4. The second-order valence-corrected chi connectivity index (χ2v) is 3.72. The second-order valence-electron chi connectivity index (χ2n) is 3.72. The van der Waals surface area contributed by atoms with Gasteiger partial charge in [0.2, 0.25) is 0 Å². The van der Waals surface area contributed by atoms with E-state index >= 15 is 0 Å². The average Bonchev–Trinajstić information content (AvgIpc) is 2.35. The maximum absolute atomic E-state index is 13.1. The highest BCUT2D eigenvalue weighted by molar-refractivity contribution is 5.43. The number of halogens is 3. The summed E-state index contributed by atoms with van der Waals surface area (Å²) in [4.78, 5) is 0. The second kappa shape index (κ2) is 5.00. The van der Waals surface area contributed by atoms with Crippen LogP contribution in [-0.4, -0.2) is 0 Å². The SMILES string of the molecule is Nc1ccc(OCc2ccc(F)c(F)c2)cc1F. The van der Waals surface area contributed by atoms with Crippen LogP contribution < -0.4 is 10.5 Å². The first-order valence-corrected chi connectivity index (χ1v) is 5.18. The lowest BCUT2D eigenvalue weighted by atomic mass is 10.2. The Morgan fingerprint density at radius 2 is 1.67 bits per heavy atom. The van der Waals surface area contributed by atoms with Crippen molar-refractivity contribution < 1.29 is 17.9 Å². The van der Waals surface area contributed by atoms with Gasteiger partial charge in [0.15, 0.2) is 11.6 Å². The van der Waals surface area contributed by atoms with Gasteiger partial charge >= 0.3 is 0 Å². The van der Waals surface area contributed by atoms with Gasteiger partial charge in [-0.3, -0.25) is 0 Å². The van der Waals surface area contributed by atoms with Gasteiger partial charge in [0, 0.05) is 6.07 Å². The van der Waals surface area contributed by atoms with E-state index < -0.39 is 17.5 Å². The lowest BCUT2D eigenvalue weighted by Crippen LogP contribution is -1.98. The molecule has 0 aliphatic heterocycles. The summed E-state index contributed by atoms with van der Waals surface area (Å²) in [7, 11) is 0. The van der Waals surface area contributed by atoms with E-state index in [1.165, 1.54) is 18.2 Å². The summed E-state index contributed by atoms with van der Waals surface area (Å²) < 4.78 is 43.9. The molecule has 0 amide bonds. The van der Waals surface area contributed by atoms with Gasteiger partial charge in [-0.1, -0.05) is 6.07 Å². The van der Waals surface area contributed by atoms with Crippen LogP contribution in [0, 0.1) is 17.5 Å². The molecule has 18 heavy (non-hydrogen) atoms. The lowest BCUT2D eigenvalue weighted by Gasteiger charge is -2.07. The lowest BCUT2D eigenvalue weighted by molar-refractivity contribution is 0.303. The Balaban J connectivity index is 2.06. The van der Waals surface area contributed by atoms with Crippen molar-refractivity contribution in [3.8, 4) is 5.75 Å². The number of rotatable bonds is 3. The van der Waals surface area contributed by atoms with Crippen molar-refractivity contribution in [2.75, 3.05) is 5.73 Å². The fraction of sp³-hybridized carbons (Fsp3) is 0.0769. The molecule has 2 aromatic carbocycles. The Kier molecular flexibility index (Phi) is 3.41. The third kappa shape index (κ3) is 2.74. The van der Waals surface area contributed by atoms with Crippen molar-refractivity contribution in [3.63, 3.8) is 0 Å². The maximum Gasteiger partial charge on any atom is 0.159 e. The summed E-state index contributed by atoms with van der Waals surface area (Å²) >= 11 is 0. The average molecular weight is 253 g/mol. The van der Waals surface area contributed by atoms with Gasteiger partial charge in [-0.2, -0.15) is 0 Å². The fourth-order valence-corrected chi connectivity index (χ4v) is 1.39. The number of benzene rings is 2. The molecule has 0 bridgehead atoms. The molecule has 0 heterocycles. The number of ether oxygens (including phenoxy) is 1. The first-order valence-electron chi connectivity index (χ1n) is 5.18. The van der Waals surface area contributed by atoms with Gasteiger partial charge in [0.1, 0.15) is 18.2 Å². The minimum Gasteiger partial charge on any atom is -0.489 e. The highest BCUT2D eigenvalue weighted by Gasteiger charge is 2.04. The van der Waals surface area contributed by atoms with Gasteiger partial charge < -0.3 is 10.5 Å². The molecule has 0 aliphatic carbocycles. The molecule has 0 aromatic heterocycles. The van der Waals surface area contributed by atoms with Crippen LogP contribution in [0.25, 0.3) is 0 Å². The maximum atomic E-state index is 13.1. The Bertz CT molecular complexity index is 521. The van der Waals surface area contributed by atoms with E-state index in [0.29, 0.717) is 5.56 Å². The van der Waals surface area contributed by atoms with E-state index in [1.54, 1.807) is 0 Å². The zero-order chi connectivity index (χ0) is 13.1. The zero-order valence-corrected chi connectivity index (χ0v) is 9.29. The van der Waals surface area contributed by atoms with E-state index in [2.05, 4.69) is 0 Å². The molecule has 0 unspecified atom stereocenters. The largest absolute Gasteiger partial charge is 0.489 e. The van der Waals surface area contributed by atoms with Crippen LogP contribution in [0.2, 0.25) is 0 Å². The van der Waals surface area contributed by atoms with Crippen LogP contribution in [0.15, 0.2) is 36.4 Å². The molecule has 2 rings (SSSR count). The van der Waals surface area contributed by atoms with Crippen molar-refractivity contribution in [3.05, 3.63) is 59.4 Å². The molecule has 0 fully saturated rings. The Morgan fingerprint density at radius 1 is 0.889 bits per heavy atom. The first kappa shape index (κ1) is 12.3. The van der Waals surface area contributed by atoms with Crippen molar-refractivity contribution in [1.29, 1.82) is 0 Å². The van der Waals surface area contributed by atoms with Crippen molar-refractivity contribution >= 4 is 5.69 Å². The molecule has 0 saturated heterocycles. The molecule has 2 aromatic rings. The number of anilines is 1. The smallest absolute Gasteiger partial charge is 0.159 e. The third-order valence-electron chi connectivity index (χ3n) is 2.36. The van der Waals surface area contributed by atoms with Gasteiger partial charge in [-0.05, 0) is 29.8 Å². The number of nitrogen functional groups attached to an aromatic ring is 1. The van der Waals surface area contributed by atoms with E-state index in [4.69, 9.17) is 10.5 Å². The molecule has 5 heteroatoms. The summed E-state index contributed by atoms with van der Waals surface area (Å²) in [6, 6.07) is 7.44. The summed E-state index contributed by atoms with van der Waals surface area (Å²) in [5, 5.41) is 0. The van der Waals surface area contributed by atoms with Crippen LogP contribution in [0.3, 0.4) is 0 Å². The zero-order valence-electron chi connectivity index (χ0n) is 9.29. The van der Waals surface area contributed by atoms with Crippen molar-refractivity contribution in [2.45, 2.75) is 6.61 Å². The van der Waals surface area contributed by atoms with Crippen LogP contribution in [-0.2, 0) is 6.61 Å². The Hall–Kier alpha value is -2.17. The molecule has 0 radical (unpaired) electrons.